The van der Waals surface area contributed by atoms with E-state index in [2.05, 4.69) is 34.1 Å². The predicted octanol–water partition coefficient (Wildman–Crippen LogP) is 4.53. The van der Waals surface area contributed by atoms with Crippen molar-refractivity contribution in [1.29, 1.82) is 21.2 Å². The molecular formula is C17H13BrN4S. The molecule has 2 aliphatic carbocycles. The Bertz CT molecular complexity index is 803. The van der Waals surface area contributed by atoms with E-state index in [0.717, 1.165) is 34.2 Å². The molecule has 1 N–H and O–H groups in total. The maximum absolute atomic E-state index is 9.80. The Kier molecular flexibility index (Phi) is 4.11. The quantitative estimate of drug-likeness (QED) is 0.720. The Balaban J connectivity index is 2.25. The van der Waals surface area contributed by atoms with Crippen molar-refractivity contribution in [2.45, 2.75) is 25.2 Å². The third kappa shape index (κ3) is 2.24. The lowest BCUT2D eigenvalue weighted by molar-refractivity contribution is 0.324. The molecule has 6 heteroatoms. The van der Waals surface area contributed by atoms with Crippen molar-refractivity contribution in [2.75, 3.05) is 0 Å². The first-order valence-corrected chi connectivity index (χ1v) is 9.01. The monoisotopic (exact) mass is 384 g/mol. The molecule has 0 saturated heterocycles. The van der Waals surface area contributed by atoms with Crippen LogP contribution >= 0.6 is 27.3 Å². The number of nitrogens with zero attached hydrogens (tertiary/aromatic N) is 3. The van der Waals surface area contributed by atoms with Crippen molar-refractivity contribution < 1.29 is 0 Å². The summed E-state index contributed by atoms with van der Waals surface area (Å²) in [5.74, 6) is -1.15. The van der Waals surface area contributed by atoms with Gasteiger partial charge in [0.2, 0.25) is 0 Å². The highest BCUT2D eigenvalue weighted by molar-refractivity contribution is 9.10. The fourth-order valence-corrected chi connectivity index (χ4v) is 5.48. The summed E-state index contributed by atoms with van der Waals surface area (Å²) in [4.78, 5) is 0.930. The van der Waals surface area contributed by atoms with Crippen LogP contribution in [-0.4, -0.2) is 5.71 Å². The molecule has 2 aliphatic rings. The molecule has 1 aromatic rings. The van der Waals surface area contributed by atoms with E-state index >= 15 is 0 Å². The molecule has 1 heterocycles. The van der Waals surface area contributed by atoms with Crippen LogP contribution in [0.4, 0.5) is 0 Å². The van der Waals surface area contributed by atoms with Gasteiger partial charge in [0.1, 0.15) is 5.92 Å². The summed E-state index contributed by atoms with van der Waals surface area (Å²) >= 11 is 4.93. The van der Waals surface area contributed by atoms with Gasteiger partial charge in [-0.25, -0.2) is 0 Å². The minimum Gasteiger partial charge on any atom is -0.305 e. The lowest BCUT2D eigenvalue weighted by Crippen LogP contribution is -2.48. The molecule has 4 nitrogen and oxygen atoms in total. The van der Waals surface area contributed by atoms with Crippen LogP contribution in [0.15, 0.2) is 27.6 Å². The van der Waals surface area contributed by atoms with Crippen LogP contribution < -0.4 is 0 Å². The Hall–Kier alpha value is -1.94. The standard InChI is InChI=1S/C17H13BrN4S/c18-10-5-14(23-7-10)15-12-4-2-1-3-11(12)13(6-19)16(22)17(15,8-20)9-21/h3,5,7,12-13,15,22H,1-2,4H2/t12-,13+,15+/m0/s1. The van der Waals surface area contributed by atoms with E-state index in [-0.39, 0.29) is 17.5 Å². The SMILES string of the molecule is N#C[C@H]1C(=N)C(C#N)(C#N)[C@@H](c2cc(Br)cs2)[C@H]2CCCC=C12. The van der Waals surface area contributed by atoms with Gasteiger partial charge in [-0.3, -0.25) is 0 Å². The Morgan fingerprint density at radius 3 is 2.61 bits per heavy atom. The number of nitrogens with one attached hydrogen (secondary N) is 1. The zero-order valence-electron chi connectivity index (χ0n) is 12.2. The number of halogens is 1. The number of hydrogen-bond acceptors (Lipinski definition) is 5. The molecule has 1 aromatic heterocycles. The minimum atomic E-state index is -1.57. The van der Waals surface area contributed by atoms with Gasteiger partial charge < -0.3 is 5.41 Å². The summed E-state index contributed by atoms with van der Waals surface area (Å²) in [5, 5.41) is 39.5. The summed E-state index contributed by atoms with van der Waals surface area (Å²) in [6, 6.07) is 8.29. The second kappa shape index (κ2) is 5.93. The summed E-state index contributed by atoms with van der Waals surface area (Å²) in [5.41, 5.74) is -0.701. The van der Waals surface area contributed by atoms with E-state index in [4.69, 9.17) is 5.41 Å². The normalized spacial score (nSPS) is 28.7. The van der Waals surface area contributed by atoms with Crippen molar-refractivity contribution in [2.24, 2.45) is 17.3 Å². The second-order valence-electron chi connectivity index (χ2n) is 5.89. The largest absolute Gasteiger partial charge is 0.305 e. The van der Waals surface area contributed by atoms with Crippen LogP contribution in [0.3, 0.4) is 0 Å². The molecule has 0 unspecified atom stereocenters. The molecule has 114 valence electrons. The molecular weight excluding hydrogens is 372 g/mol. The van der Waals surface area contributed by atoms with Gasteiger partial charge in [0.15, 0.2) is 5.41 Å². The average molecular weight is 385 g/mol. The van der Waals surface area contributed by atoms with E-state index in [1.54, 1.807) is 0 Å². The van der Waals surface area contributed by atoms with E-state index < -0.39 is 11.3 Å². The molecule has 3 rings (SSSR count). The fraction of sp³-hybridized carbons (Fsp3) is 0.412. The van der Waals surface area contributed by atoms with Crippen molar-refractivity contribution in [1.82, 2.24) is 0 Å². The topological polar surface area (TPSA) is 95.2 Å². The molecule has 0 radical (unpaired) electrons. The summed E-state index contributed by atoms with van der Waals surface area (Å²) in [6.45, 7) is 0. The van der Waals surface area contributed by atoms with Gasteiger partial charge in [-0.2, -0.15) is 15.8 Å². The van der Waals surface area contributed by atoms with Gasteiger partial charge in [-0.05, 0) is 52.7 Å². The van der Waals surface area contributed by atoms with Gasteiger partial charge in [0.05, 0.1) is 23.9 Å². The van der Waals surface area contributed by atoms with E-state index in [9.17, 15) is 15.8 Å². The molecule has 1 fully saturated rings. The van der Waals surface area contributed by atoms with Crippen molar-refractivity contribution in [3.05, 3.63) is 32.4 Å². The number of rotatable bonds is 1. The van der Waals surface area contributed by atoms with Crippen LogP contribution in [0.25, 0.3) is 0 Å². The highest BCUT2D eigenvalue weighted by Gasteiger charge is 2.57. The fourth-order valence-electron chi connectivity index (χ4n) is 3.81. The average Bonchev–Trinajstić information content (AvgIpc) is 3.00. The molecule has 23 heavy (non-hydrogen) atoms. The number of hydrogen-bond donors (Lipinski definition) is 1. The van der Waals surface area contributed by atoms with E-state index in [1.165, 1.54) is 11.3 Å². The van der Waals surface area contributed by atoms with Crippen molar-refractivity contribution >= 4 is 33.0 Å². The summed E-state index contributed by atoms with van der Waals surface area (Å²) < 4.78 is 0.914. The van der Waals surface area contributed by atoms with Crippen molar-refractivity contribution in [3.8, 4) is 18.2 Å². The van der Waals surface area contributed by atoms with Gasteiger partial charge in [0.25, 0.3) is 0 Å². The van der Waals surface area contributed by atoms with Gasteiger partial charge in [0, 0.05) is 20.6 Å². The highest BCUT2D eigenvalue weighted by Crippen LogP contribution is 2.56. The zero-order chi connectivity index (χ0) is 16.6. The van der Waals surface area contributed by atoms with Gasteiger partial charge >= 0.3 is 0 Å². The smallest absolute Gasteiger partial charge is 0.190 e. The highest BCUT2D eigenvalue weighted by atomic mass is 79.9. The second-order valence-corrected chi connectivity index (χ2v) is 7.75. The zero-order valence-corrected chi connectivity index (χ0v) is 14.6. The first kappa shape index (κ1) is 15.9. The maximum Gasteiger partial charge on any atom is 0.190 e. The van der Waals surface area contributed by atoms with Gasteiger partial charge in [-0.15, -0.1) is 11.3 Å². The first-order chi connectivity index (χ1) is 11.1. The Labute approximate surface area is 147 Å². The van der Waals surface area contributed by atoms with E-state index in [1.807, 2.05) is 17.5 Å². The lowest BCUT2D eigenvalue weighted by Gasteiger charge is -2.45. The van der Waals surface area contributed by atoms with Crippen LogP contribution in [0.1, 0.15) is 30.1 Å². The van der Waals surface area contributed by atoms with E-state index in [0.29, 0.717) is 0 Å². The van der Waals surface area contributed by atoms with Crippen molar-refractivity contribution in [3.63, 3.8) is 0 Å². The summed E-state index contributed by atoms with van der Waals surface area (Å²) in [7, 11) is 0. The minimum absolute atomic E-state index is 0.0210. The number of allylic oxidation sites excluding steroid dienone is 2. The van der Waals surface area contributed by atoms with Crippen LogP contribution in [0.5, 0.6) is 0 Å². The Morgan fingerprint density at radius 1 is 1.30 bits per heavy atom. The maximum atomic E-state index is 9.80. The summed E-state index contributed by atoms with van der Waals surface area (Å²) in [6.07, 6.45) is 4.77. The first-order valence-electron chi connectivity index (χ1n) is 7.34. The third-order valence-corrected chi connectivity index (χ3v) is 6.60. The molecule has 0 amide bonds. The van der Waals surface area contributed by atoms with Crippen LogP contribution in [0.2, 0.25) is 0 Å². The predicted molar refractivity (Wildman–Crippen MR) is 90.7 cm³/mol. The van der Waals surface area contributed by atoms with Crippen LogP contribution in [0, 0.1) is 56.7 Å². The van der Waals surface area contributed by atoms with Crippen LogP contribution in [-0.2, 0) is 0 Å². The number of nitriles is 3. The molecule has 0 bridgehead atoms. The molecule has 0 aromatic carbocycles. The Morgan fingerprint density at radius 2 is 2.04 bits per heavy atom. The molecule has 0 spiro atoms. The third-order valence-electron chi connectivity index (χ3n) is 4.82. The molecule has 1 saturated carbocycles. The number of thiophene rings is 1. The molecule has 3 atom stereocenters. The number of fused-ring (bicyclic) bond motifs is 1. The van der Waals surface area contributed by atoms with Gasteiger partial charge in [-0.1, -0.05) is 6.08 Å². The lowest BCUT2D eigenvalue weighted by atomic mass is 9.54. The molecule has 0 aliphatic heterocycles.